The summed E-state index contributed by atoms with van der Waals surface area (Å²) in [5.41, 5.74) is 1.75. The third kappa shape index (κ3) is 3.20. The first-order chi connectivity index (χ1) is 12.5. The number of benzene rings is 1. The average Bonchev–Trinajstić information content (AvgIpc) is 3.17. The van der Waals surface area contributed by atoms with Crippen LogP contribution in [0.15, 0.2) is 30.5 Å². The molecule has 0 aliphatic carbocycles. The number of hydrogen-bond donors (Lipinski definition) is 1. The third-order valence-electron chi connectivity index (χ3n) is 4.26. The molecule has 0 bridgehead atoms. The molecule has 4 rings (SSSR count). The third-order valence-corrected chi connectivity index (χ3v) is 6.21. The van der Waals surface area contributed by atoms with Gasteiger partial charge in [0.2, 0.25) is 0 Å². The lowest BCUT2D eigenvalue weighted by Crippen LogP contribution is -2.31. The monoisotopic (exact) mass is 386 g/mol. The lowest BCUT2D eigenvalue weighted by atomic mass is 10.1. The van der Waals surface area contributed by atoms with Crippen LogP contribution in [0.2, 0.25) is 0 Å². The van der Waals surface area contributed by atoms with Crippen LogP contribution < -0.4 is 4.74 Å². The summed E-state index contributed by atoms with van der Waals surface area (Å²) < 4.78 is 5.74. The van der Waals surface area contributed by atoms with Crippen molar-refractivity contribution in [3.05, 3.63) is 50.8 Å². The molecule has 3 aromatic rings. The molecule has 5 nitrogen and oxygen atoms in total. The number of aromatic nitrogens is 1. The molecule has 7 heteroatoms. The maximum absolute atomic E-state index is 12.8. The van der Waals surface area contributed by atoms with Crippen molar-refractivity contribution in [2.75, 3.05) is 13.2 Å². The molecule has 2 aromatic heterocycles. The van der Waals surface area contributed by atoms with Crippen molar-refractivity contribution < 1.29 is 14.6 Å². The largest absolute Gasteiger partial charge is 0.504 e. The van der Waals surface area contributed by atoms with E-state index < -0.39 is 0 Å². The Morgan fingerprint density at radius 3 is 2.81 bits per heavy atom. The van der Waals surface area contributed by atoms with Crippen LogP contribution in [0.4, 0.5) is 0 Å². The lowest BCUT2D eigenvalue weighted by molar-refractivity contribution is 0.0738. The topological polar surface area (TPSA) is 62.7 Å². The molecule has 134 valence electrons. The lowest BCUT2D eigenvalue weighted by Gasteiger charge is -2.19. The van der Waals surface area contributed by atoms with Crippen LogP contribution >= 0.6 is 22.7 Å². The predicted molar refractivity (Wildman–Crippen MR) is 103 cm³/mol. The van der Waals surface area contributed by atoms with Crippen LogP contribution in [0.25, 0.3) is 10.4 Å². The maximum Gasteiger partial charge on any atom is 0.265 e. The van der Waals surface area contributed by atoms with Crippen molar-refractivity contribution in [1.29, 1.82) is 0 Å². The number of aromatic hydroxyl groups is 1. The van der Waals surface area contributed by atoms with Gasteiger partial charge in [0.1, 0.15) is 11.5 Å². The number of rotatable bonds is 2. The van der Waals surface area contributed by atoms with Crippen LogP contribution in [0.1, 0.15) is 25.1 Å². The first-order valence-electron chi connectivity index (χ1n) is 8.28. The van der Waals surface area contributed by atoms with Crippen LogP contribution in [-0.4, -0.2) is 34.0 Å². The zero-order chi connectivity index (χ0) is 18.3. The second kappa shape index (κ2) is 6.74. The molecule has 0 unspecified atom stereocenters. The van der Waals surface area contributed by atoms with E-state index in [0.29, 0.717) is 30.3 Å². The molecule has 0 atom stereocenters. The summed E-state index contributed by atoms with van der Waals surface area (Å²) in [6, 6.07) is 7.83. The van der Waals surface area contributed by atoms with E-state index in [1.807, 2.05) is 19.1 Å². The van der Waals surface area contributed by atoms with Gasteiger partial charge in [0.25, 0.3) is 5.91 Å². The van der Waals surface area contributed by atoms with Gasteiger partial charge in [-0.25, -0.2) is 4.98 Å². The normalized spacial score (nSPS) is 13.8. The van der Waals surface area contributed by atoms with Crippen molar-refractivity contribution in [3.8, 4) is 21.9 Å². The van der Waals surface area contributed by atoms with E-state index in [1.165, 1.54) is 16.2 Å². The fourth-order valence-electron chi connectivity index (χ4n) is 3.02. The number of carbonyl (C=O) groups excluding carboxylic acids is 1. The van der Waals surface area contributed by atoms with E-state index in [0.717, 1.165) is 21.0 Å². The summed E-state index contributed by atoms with van der Waals surface area (Å²) in [6.07, 6.45) is 1.62. The van der Waals surface area contributed by atoms with Crippen molar-refractivity contribution in [2.45, 2.75) is 20.4 Å². The smallest absolute Gasteiger partial charge is 0.265 e. The van der Waals surface area contributed by atoms with E-state index in [1.54, 1.807) is 28.5 Å². The van der Waals surface area contributed by atoms with Crippen molar-refractivity contribution >= 4 is 28.6 Å². The number of phenolic OH excluding ortho intramolecular Hbond substituents is 1. The maximum atomic E-state index is 12.8. The first-order valence-corrected chi connectivity index (χ1v) is 9.92. The van der Waals surface area contributed by atoms with Gasteiger partial charge in [-0.3, -0.25) is 4.79 Å². The van der Waals surface area contributed by atoms with E-state index in [9.17, 15) is 9.90 Å². The van der Waals surface area contributed by atoms with E-state index in [4.69, 9.17) is 4.74 Å². The van der Waals surface area contributed by atoms with E-state index >= 15 is 0 Å². The number of carbonyl (C=O) groups is 1. The van der Waals surface area contributed by atoms with Crippen LogP contribution in [0.3, 0.4) is 0 Å². The molecule has 0 radical (unpaired) electrons. The minimum Gasteiger partial charge on any atom is -0.504 e. The fourth-order valence-corrected chi connectivity index (χ4v) is 4.62. The van der Waals surface area contributed by atoms with E-state index in [-0.39, 0.29) is 11.7 Å². The number of thiazole rings is 1. The summed E-state index contributed by atoms with van der Waals surface area (Å²) in [5, 5.41) is 11.3. The Kier molecular flexibility index (Phi) is 4.42. The molecule has 1 N–H and O–H groups in total. The first kappa shape index (κ1) is 17.1. The molecule has 1 aliphatic heterocycles. The van der Waals surface area contributed by atoms with Gasteiger partial charge in [0, 0.05) is 21.9 Å². The quantitative estimate of drug-likeness (QED) is 0.716. The number of fused-ring (bicyclic) bond motifs is 1. The Hall–Kier alpha value is -2.38. The van der Waals surface area contributed by atoms with Gasteiger partial charge < -0.3 is 14.7 Å². The molecule has 0 saturated heterocycles. The molecule has 1 aliphatic rings. The van der Waals surface area contributed by atoms with Crippen molar-refractivity contribution in [2.24, 2.45) is 0 Å². The van der Waals surface area contributed by atoms with Crippen molar-refractivity contribution in [3.63, 3.8) is 0 Å². The molecule has 0 spiro atoms. The average molecular weight is 386 g/mol. The Balaban J connectivity index is 1.68. The second-order valence-corrected chi connectivity index (χ2v) is 8.74. The fraction of sp³-hybridized carbons (Fsp3) is 0.263. The van der Waals surface area contributed by atoms with Gasteiger partial charge in [-0.05, 0) is 43.7 Å². The number of phenols is 1. The second-order valence-electron chi connectivity index (χ2n) is 6.21. The Bertz CT molecular complexity index is 977. The molecule has 1 amide bonds. The zero-order valence-corrected chi connectivity index (χ0v) is 16.1. The summed E-state index contributed by atoms with van der Waals surface area (Å²) in [6.45, 7) is 5.16. The standard InChI is InChI=1S/C19H18N2O3S2/c1-11-3-4-16(25-11)13-7-14-10-21(5-6-24-18(14)15(22)8-13)19(23)17-9-20-12(2)26-17/h3-4,7-9,22H,5-6,10H2,1-2H3. The van der Waals surface area contributed by atoms with Crippen molar-refractivity contribution in [1.82, 2.24) is 9.88 Å². The SMILES string of the molecule is Cc1ccc(-c2cc(O)c3c(c2)CN(C(=O)c2cnc(C)s2)CCO3)s1. The van der Waals surface area contributed by atoms with Crippen LogP contribution in [-0.2, 0) is 6.54 Å². The zero-order valence-electron chi connectivity index (χ0n) is 14.5. The highest BCUT2D eigenvalue weighted by Gasteiger charge is 2.25. The number of nitrogens with zero attached hydrogens (tertiary/aromatic N) is 2. The number of thiophene rings is 1. The molecule has 0 saturated carbocycles. The van der Waals surface area contributed by atoms with Gasteiger partial charge in [-0.2, -0.15) is 0 Å². The molecule has 1 aromatic carbocycles. The summed E-state index contributed by atoms with van der Waals surface area (Å²) in [4.78, 5) is 21.6. The molecule has 3 heterocycles. The predicted octanol–water partition coefficient (Wildman–Crippen LogP) is 4.23. The van der Waals surface area contributed by atoms with Gasteiger partial charge in [-0.15, -0.1) is 22.7 Å². The number of ether oxygens (including phenoxy) is 1. The highest BCUT2D eigenvalue weighted by molar-refractivity contribution is 7.15. The summed E-state index contributed by atoms with van der Waals surface area (Å²) >= 11 is 3.07. The van der Waals surface area contributed by atoms with Crippen LogP contribution in [0.5, 0.6) is 11.5 Å². The number of amides is 1. The summed E-state index contributed by atoms with van der Waals surface area (Å²) in [7, 11) is 0. The minimum absolute atomic E-state index is 0.0519. The summed E-state index contributed by atoms with van der Waals surface area (Å²) in [5.74, 6) is 0.535. The van der Waals surface area contributed by atoms with Gasteiger partial charge >= 0.3 is 0 Å². The van der Waals surface area contributed by atoms with Crippen LogP contribution in [0, 0.1) is 13.8 Å². The Morgan fingerprint density at radius 2 is 2.12 bits per heavy atom. The highest BCUT2D eigenvalue weighted by Crippen LogP contribution is 2.39. The Labute approximate surface area is 159 Å². The molecular weight excluding hydrogens is 368 g/mol. The minimum atomic E-state index is -0.0519. The molecular formula is C19H18N2O3S2. The number of aryl methyl sites for hydroxylation is 2. The van der Waals surface area contributed by atoms with Gasteiger partial charge in [-0.1, -0.05) is 0 Å². The van der Waals surface area contributed by atoms with E-state index in [2.05, 4.69) is 18.0 Å². The highest BCUT2D eigenvalue weighted by atomic mass is 32.1. The molecule has 0 fully saturated rings. The molecule has 26 heavy (non-hydrogen) atoms. The number of hydrogen-bond acceptors (Lipinski definition) is 6. The van der Waals surface area contributed by atoms with Gasteiger partial charge in [0.15, 0.2) is 11.5 Å². The Morgan fingerprint density at radius 1 is 1.27 bits per heavy atom. The van der Waals surface area contributed by atoms with Gasteiger partial charge in [0.05, 0.1) is 17.7 Å².